The molecule has 0 saturated heterocycles. The average Bonchev–Trinajstić information content (AvgIpc) is 2.13. The Morgan fingerprint density at radius 3 is 2.90 bits per heavy atom. The van der Waals surface area contributed by atoms with Crippen LogP contribution in [0.5, 0.6) is 0 Å². The lowest BCUT2D eigenvalue weighted by molar-refractivity contribution is 0.134. The molecule has 2 atom stereocenters. The van der Waals surface area contributed by atoms with E-state index in [1.54, 1.807) is 11.9 Å². The van der Waals surface area contributed by atoms with Gasteiger partial charge in [0.25, 0.3) is 0 Å². The van der Waals surface area contributed by atoms with Crippen molar-refractivity contribution in [1.29, 1.82) is 0 Å². The molecule has 0 radical (unpaired) electrons. The first kappa shape index (κ1) is 7.47. The number of hydrogen-bond donors (Lipinski definition) is 1. The summed E-state index contributed by atoms with van der Waals surface area (Å²) < 4.78 is 0. The van der Waals surface area contributed by atoms with E-state index in [0.29, 0.717) is 12.6 Å². The highest BCUT2D eigenvalue weighted by atomic mass is 16.3. The van der Waals surface area contributed by atoms with Gasteiger partial charge in [0, 0.05) is 0 Å². The summed E-state index contributed by atoms with van der Waals surface area (Å²) in [5.74, 6) is 0. The Balaban J connectivity index is 2.26. The number of aliphatic hydroxyl groups is 1. The molecule has 4 nitrogen and oxygen atoms in total. The SMILES string of the molecule is CC(O)CN1C[C@@H](C)N=N1. The lowest BCUT2D eigenvalue weighted by Crippen LogP contribution is -2.27. The summed E-state index contributed by atoms with van der Waals surface area (Å²) in [5.41, 5.74) is 0. The van der Waals surface area contributed by atoms with Gasteiger partial charge in [-0.25, -0.2) is 0 Å². The van der Waals surface area contributed by atoms with Gasteiger partial charge in [0.05, 0.1) is 25.2 Å². The molecule has 1 aliphatic heterocycles. The fourth-order valence-electron chi connectivity index (χ4n) is 0.955. The van der Waals surface area contributed by atoms with Crippen LogP contribution in [0.1, 0.15) is 13.8 Å². The molecule has 0 aromatic rings. The molecule has 4 heteroatoms. The van der Waals surface area contributed by atoms with E-state index in [1.807, 2.05) is 6.92 Å². The van der Waals surface area contributed by atoms with Crippen LogP contribution < -0.4 is 0 Å². The van der Waals surface area contributed by atoms with Crippen molar-refractivity contribution in [2.24, 2.45) is 10.3 Å². The summed E-state index contributed by atoms with van der Waals surface area (Å²) in [4.78, 5) is 0. The second-order valence-corrected chi connectivity index (χ2v) is 2.77. The van der Waals surface area contributed by atoms with Crippen molar-refractivity contribution in [3.8, 4) is 0 Å². The van der Waals surface area contributed by atoms with Crippen molar-refractivity contribution in [3.05, 3.63) is 0 Å². The fourth-order valence-corrected chi connectivity index (χ4v) is 0.955. The van der Waals surface area contributed by atoms with Crippen LogP contribution in [-0.4, -0.2) is 35.4 Å². The largest absolute Gasteiger partial charge is 0.392 e. The number of rotatable bonds is 2. The molecule has 0 spiro atoms. The molecular formula is C6H13N3O. The maximum absolute atomic E-state index is 8.96. The van der Waals surface area contributed by atoms with Crippen LogP contribution in [0.2, 0.25) is 0 Å². The van der Waals surface area contributed by atoms with Gasteiger partial charge in [0.1, 0.15) is 0 Å². The van der Waals surface area contributed by atoms with Crippen molar-refractivity contribution < 1.29 is 5.11 Å². The lowest BCUT2D eigenvalue weighted by Gasteiger charge is -2.13. The van der Waals surface area contributed by atoms with Gasteiger partial charge in [-0.05, 0) is 13.8 Å². The first-order valence-corrected chi connectivity index (χ1v) is 3.52. The molecule has 10 heavy (non-hydrogen) atoms. The van der Waals surface area contributed by atoms with Crippen LogP contribution >= 0.6 is 0 Å². The molecule has 1 aliphatic rings. The average molecular weight is 143 g/mol. The van der Waals surface area contributed by atoms with Crippen LogP contribution in [0.15, 0.2) is 10.3 Å². The minimum Gasteiger partial charge on any atom is -0.392 e. The van der Waals surface area contributed by atoms with Gasteiger partial charge >= 0.3 is 0 Å². The van der Waals surface area contributed by atoms with Crippen molar-refractivity contribution in [2.45, 2.75) is 26.0 Å². The molecule has 0 aromatic carbocycles. The molecule has 1 heterocycles. The smallest absolute Gasteiger partial charge is 0.0893 e. The Morgan fingerprint density at radius 1 is 1.80 bits per heavy atom. The second-order valence-electron chi connectivity index (χ2n) is 2.77. The van der Waals surface area contributed by atoms with Gasteiger partial charge in [0.15, 0.2) is 0 Å². The third-order valence-corrected chi connectivity index (χ3v) is 1.33. The van der Waals surface area contributed by atoms with E-state index in [0.717, 1.165) is 6.54 Å². The first-order chi connectivity index (χ1) is 4.68. The summed E-state index contributed by atoms with van der Waals surface area (Å²) in [7, 11) is 0. The molecule has 0 aliphatic carbocycles. The summed E-state index contributed by atoms with van der Waals surface area (Å²) >= 11 is 0. The molecule has 58 valence electrons. The molecule has 0 saturated carbocycles. The van der Waals surface area contributed by atoms with E-state index in [1.165, 1.54) is 0 Å². The van der Waals surface area contributed by atoms with E-state index in [-0.39, 0.29) is 6.10 Å². The maximum Gasteiger partial charge on any atom is 0.0893 e. The Bertz CT molecular complexity index is 135. The molecular weight excluding hydrogens is 130 g/mol. The van der Waals surface area contributed by atoms with Gasteiger partial charge in [-0.15, -0.1) is 0 Å². The molecule has 1 rings (SSSR count). The third-order valence-electron chi connectivity index (χ3n) is 1.33. The Labute approximate surface area is 60.5 Å². The third kappa shape index (κ3) is 1.95. The van der Waals surface area contributed by atoms with E-state index < -0.39 is 0 Å². The molecule has 0 aromatic heterocycles. The van der Waals surface area contributed by atoms with E-state index >= 15 is 0 Å². The summed E-state index contributed by atoms with van der Waals surface area (Å²) in [6, 6.07) is 0.291. The zero-order chi connectivity index (χ0) is 7.56. The lowest BCUT2D eigenvalue weighted by atomic mass is 10.3. The van der Waals surface area contributed by atoms with E-state index in [4.69, 9.17) is 5.11 Å². The van der Waals surface area contributed by atoms with Gasteiger partial charge in [-0.3, -0.25) is 5.01 Å². The standard InChI is InChI=1S/C6H13N3O/c1-5-3-9(8-7-5)4-6(2)10/h5-6,10H,3-4H2,1-2H3/t5-,6?/m1/s1. The first-order valence-electron chi connectivity index (χ1n) is 3.52. The van der Waals surface area contributed by atoms with Crippen LogP contribution in [0.25, 0.3) is 0 Å². The molecule has 0 bridgehead atoms. The number of β-amino-alcohol motifs (C(OH)–C–C–N with tert-alkyl or cyclic N) is 1. The summed E-state index contributed by atoms with van der Waals surface area (Å²) in [6.07, 6.45) is -0.316. The Hall–Kier alpha value is -0.640. The second kappa shape index (κ2) is 2.96. The van der Waals surface area contributed by atoms with E-state index in [2.05, 4.69) is 10.3 Å². The molecule has 1 N–H and O–H groups in total. The summed E-state index contributed by atoms with van der Waals surface area (Å²) in [5, 5.41) is 18.5. The zero-order valence-electron chi connectivity index (χ0n) is 6.36. The van der Waals surface area contributed by atoms with Crippen molar-refractivity contribution in [1.82, 2.24) is 5.01 Å². The van der Waals surface area contributed by atoms with Crippen molar-refractivity contribution in [2.75, 3.05) is 13.1 Å². The minimum absolute atomic E-state index is 0.291. The highest BCUT2D eigenvalue weighted by Crippen LogP contribution is 2.07. The topological polar surface area (TPSA) is 48.2 Å². The predicted octanol–water partition coefficient (Wildman–Crippen LogP) is 0.438. The maximum atomic E-state index is 8.96. The molecule has 0 amide bonds. The fraction of sp³-hybridized carbons (Fsp3) is 1.00. The van der Waals surface area contributed by atoms with Gasteiger partial charge in [-0.2, -0.15) is 5.11 Å². The summed E-state index contributed by atoms with van der Waals surface area (Å²) in [6.45, 7) is 5.18. The quantitative estimate of drug-likeness (QED) is 0.609. The van der Waals surface area contributed by atoms with Gasteiger partial charge in [0.2, 0.25) is 0 Å². The van der Waals surface area contributed by atoms with Gasteiger partial charge in [-0.1, -0.05) is 5.22 Å². The highest BCUT2D eigenvalue weighted by Gasteiger charge is 2.15. The van der Waals surface area contributed by atoms with Crippen LogP contribution in [0.4, 0.5) is 0 Å². The highest BCUT2D eigenvalue weighted by molar-refractivity contribution is 4.69. The van der Waals surface area contributed by atoms with Crippen LogP contribution in [-0.2, 0) is 0 Å². The van der Waals surface area contributed by atoms with Gasteiger partial charge < -0.3 is 5.11 Å². The number of hydrogen-bond acceptors (Lipinski definition) is 4. The normalized spacial score (nSPS) is 27.5. The van der Waals surface area contributed by atoms with Crippen molar-refractivity contribution in [3.63, 3.8) is 0 Å². The monoisotopic (exact) mass is 143 g/mol. The molecule has 0 fully saturated rings. The number of nitrogens with zero attached hydrogens (tertiary/aromatic N) is 3. The minimum atomic E-state index is -0.316. The molecule has 1 unspecified atom stereocenters. The Kier molecular flexibility index (Phi) is 2.21. The van der Waals surface area contributed by atoms with Crippen LogP contribution in [0, 0.1) is 0 Å². The predicted molar refractivity (Wildman–Crippen MR) is 37.6 cm³/mol. The zero-order valence-corrected chi connectivity index (χ0v) is 6.36. The van der Waals surface area contributed by atoms with E-state index in [9.17, 15) is 0 Å². The van der Waals surface area contributed by atoms with Crippen LogP contribution in [0.3, 0.4) is 0 Å². The number of aliphatic hydroxyl groups excluding tert-OH is 1. The Morgan fingerprint density at radius 2 is 2.50 bits per heavy atom. The van der Waals surface area contributed by atoms with Crippen molar-refractivity contribution >= 4 is 0 Å².